The van der Waals surface area contributed by atoms with Crippen molar-refractivity contribution in [1.82, 2.24) is 0 Å². The Morgan fingerprint density at radius 3 is 2.35 bits per heavy atom. The maximum Gasteiger partial charge on any atom is 0.271 e. The monoisotopic (exact) mass is 365 g/mol. The van der Waals surface area contributed by atoms with Crippen LogP contribution in [0.3, 0.4) is 0 Å². The molecule has 0 saturated carbocycles. The molecule has 0 aromatic heterocycles. The fourth-order valence-corrected chi connectivity index (χ4v) is 2.71. The van der Waals surface area contributed by atoms with Crippen LogP contribution in [0.25, 0.3) is 0 Å². The van der Waals surface area contributed by atoms with Crippen molar-refractivity contribution in [3.8, 4) is 5.75 Å². The van der Waals surface area contributed by atoms with Gasteiger partial charge in [0.05, 0.1) is 20.5 Å². The molecule has 4 nitrogen and oxygen atoms in total. The van der Waals surface area contributed by atoms with Crippen molar-refractivity contribution in [3.05, 3.63) is 31.2 Å². The van der Waals surface area contributed by atoms with Crippen molar-refractivity contribution >= 4 is 37.5 Å². The molecule has 6 heteroatoms. The first-order valence-electron chi connectivity index (χ1n) is 5.32. The van der Waals surface area contributed by atoms with Crippen LogP contribution >= 0.6 is 31.9 Å². The summed E-state index contributed by atoms with van der Waals surface area (Å²) >= 11 is 6.55. The normalized spacial score (nSPS) is 10.3. The minimum absolute atomic E-state index is 0.0321. The van der Waals surface area contributed by atoms with Gasteiger partial charge in [-0.25, -0.2) is 0 Å². The quantitative estimate of drug-likeness (QED) is 0.417. The van der Waals surface area contributed by atoms with E-state index in [0.29, 0.717) is 21.3 Å². The first-order valence-corrected chi connectivity index (χ1v) is 6.91. The molecule has 17 heavy (non-hydrogen) atoms. The highest BCUT2D eigenvalue weighted by atomic mass is 79.9. The minimum Gasteiger partial charge on any atom is -0.491 e. The zero-order chi connectivity index (χ0) is 12.8. The van der Waals surface area contributed by atoms with E-state index in [2.05, 4.69) is 38.8 Å². The molecule has 0 unspecified atom stereocenters. The second-order valence-electron chi connectivity index (χ2n) is 3.55. The summed E-state index contributed by atoms with van der Waals surface area (Å²) in [4.78, 5) is 10.2. The van der Waals surface area contributed by atoms with Crippen LogP contribution in [0.15, 0.2) is 21.1 Å². The zero-order valence-electron chi connectivity index (χ0n) is 9.41. The van der Waals surface area contributed by atoms with Crippen LogP contribution in [0.5, 0.6) is 5.75 Å². The zero-order valence-corrected chi connectivity index (χ0v) is 12.6. The van der Waals surface area contributed by atoms with E-state index in [1.54, 1.807) is 0 Å². The van der Waals surface area contributed by atoms with Crippen LogP contribution in [0.4, 0.5) is 5.69 Å². The van der Waals surface area contributed by atoms with E-state index in [1.165, 1.54) is 12.1 Å². The van der Waals surface area contributed by atoms with Gasteiger partial charge in [0, 0.05) is 12.1 Å². The number of benzene rings is 1. The maximum atomic E-state index is 10.6. The minimum atomic E-state index is -0.434. The van der Waals surface area contributed by atoms with Gasteiger partial charge in [0.2, 0.25) is 0 Å². The molecule has 0 aliphatic heterocycles. The molecule has 0 spiro atoms. The van der Waals surface area contributed by atoms with Crippen LogP contribution in [0.2, 0.25) is 0 Å². The van der Waals surface area contributed by atoms with Gasteiger partial charge in [-0.3, -0.25) is 10.1 Å². The largest absolute Gasteiger partial charge is 0.491 e. The highest BCUT2D eigenvalue weighted by molar-refractivity contribution is 9.11. The van der Waals surface area contributed by atoms with Gasteiger partial charge in [0.15, 0.2) is 0 Å². The molecule has 0 aliphatic rings. The van der Waals surface area contributed by atoms with E-state index in [1.807, 2.05) is 0 Å². The number of rotatable bonds is 6. The third kappa shape index (κ3) is 4.27. The van der Waals surface area contributed by atoms with Gasteiger partial charge in [-0.2, -0.15) is 0 Å². The summed E-state index contributed by atoms with van der Waals surface area (Å²) in [6, 6.07) is 2.89. The van der Waals surface area contributed by atoms with Crippen molar-refractivity contribution in [1.29, 1.82) is 0 Å². The number of unbranched alkanes of at least 4 members (excludes halogenated alkanes) is 2. The van der Waals surface area contributed by atoms with Gasteiger partial charge in [0.25, 0.3) is 5.69 Å². The summed E-state index contributed by atoms with van der Waals surface area (Å²) in [6.45, 7) is 2.74. The lowest BCUT2D eigenvalue weighted by molar-refractivity contribution is -0.385. The third-order valence-corrected chi connectivity index (χ3v) is 3.37. The van der Waals surface area contributed by atoms with Crippen LogP contribution in [-0.2, 0) is 0 Å². The molecule has 94 valence electrons. The number of halogens is 2. The Bertz CT molecular complexity index is 387. The predicted octanol–water partition coefficient (Wildman–Crippen LogP) is 4.69. The molecule has 1 aromatic rings. The molecule has 0 radical (unpaired) electrons. The summed E-state index contributed by atoms with van der Waals surface area (Å²) in [5.41, 5.74) is 0.0321. The summed E-state index contributed by atoms with van der Waals surface area (Å²) in [7, 11) is 0. The van der Waals surface area contributed by atoms with Crippen LogP contribution in [-0.4, -0.2) is 11.5 Å². The maximum absolute atomic E-state index is 10.6. The molecule has 0 heterocycles. The Hall–Kier alpha value is -0.620. The highest BCUT2D eigenvalue weighted by Gasteiger charge is 2.14. The number of nitro benzene ring substituents is 1. The molecule has 0 aliphatic carbocycles. The number of non-ortho nitro benzene ring substituents is 1. The fraction of sp³-hybridized carbons (Fsp3) is 0.455. The fourth-order valence-electron chi connectivity index (χ4n) is 1.32. The second-order valence-corrected chi connectivity index (χ2v) is 5.26. The highest BCUT2D eigenvalue weighted by Crippen LogP contribution is 2.37. The molecular weight excluding hydrogens is 354 g/mol. The lowest BCUT2D eigenvalue weighted by Crippen LogP contribution is -1.99. The molecule has 1 aromatic carbocycles. The number of hydrogen-bond donors (Lipinski definition) is 0. The van der Waals surface area contributed by atoms with Crippen LogP contribution in [0, 0.1) is 10.1 Å². The Morgan fingerprint density at radius 2 is 1.88 bits per heavy atom. The third-order valence-electron chi connectivity index (χ3n) is 2.19. The van der Waals surface area contributed by atoms with Crippen molar-refractivity contribution in [2.24, 2.45) is 0 Å². The number of ether oxygens (including phenoxy) is 1. The lowest BCUT2D eigenvalue weighted by Gasteiger charge is -2.09. The summed E-state index contributed by atoms with van der Waals surface area (Å²) < 4.78 is 6.77. The molecule has 0 N–H and O–H groups in total. The van der Waals surface area contributed by atoms with E-state index in [0.717, 1.165) is 19.3 Å². The molecule has 0 fully saturated rings. The van der Waals surface area contributed by atoms with Crippen molar-refractivity contribution in [3.63, 3.8) is 0 Å². The topological polar surface area (TPSA) is 52.4 Å². The SMILES string of the molecule is CCCCCOc1c(Br)cc([N+](=O)[O-])cc1Br. The van der Waals surface area contributed by atoms with E-state index >= 15 is 0 Å². The molecule has 1 rings (SSSR count). The first kappa shape index (κ1) is 14.4. The van der Waals surface area contributed by atoms with Gasteiger partial charge in [-0.1, -0.05) is 19.8 Å². The van der Waals surface area contributed by atoms with E-state index in [9.17, 15) is 10.1 Å². The van der Waals surface area contributed by atoms with Crippen molar-refractivity contribution in [2.45, 2.75) is 26.2 Å². The molecular formula is C11H13Br2NO3. The smallest absolute Gasteiger partial charge is 0.271 e. The van der Waals surface area contributed by atoms with Crippen LogP contribution < -0.4 is 4.74 Å². The average Bonchev–Trinajstić information content (AvgIpc) is 2.26. The summed E-state index contributed by atoms with van der Waals surface area (Å²) in [5.74, 6) is 0.617. The standard InChI is InChI=1S/C11H13Br2NO3/c1-2-3-4-5-17-11-9(12)6-8(14(15)16)7-10(11)13/h6-7H,2-5H2,1H3. The van der Waals surface area contributed by atoms with Crippen LogP contribution in [0.1, 0.15) is 26.2 Å². The number of hydrogen-bond acceptors (Lipinski definition) is 3. The molecule has 0 amide bonds. The van der Waals surface area contributed by atoms with Gasteiger partial charge >= 0.3 is 0 Å². The molecule has 0 atom stereocenters. The summed E-state index contributed by atoms with van der Waals surface area (Å²) in [6.07, 6.45) is 3.22. The Labute approximate surface area is 117 Å². The van der Waals surface area contributed by atoms with Crippen molar-refractivity contribution in [2.75, 3.05) is 6.61 Å². The average molecular weight is 367 g/mol. The molecule has 0 saturated heterocycles. The Kier molecular flexibility index (Phi) is 5.91. The Morgan fingerprint density at radius 1 is 1.29 bits per heavy atom. The van der Waals surface area contributed by atoms with Gasteiger partial charge in [-0.15, -0.1) is 0 Å². The van der Waals surface area contributed by atoms with Gasteiger partial charge in [0.1, 0.15) is 5.75 Å². The number of nitrogens with zero attached hydrogens (tertiary/aromatic N) is 1. The second kappa shape index (κ2) is 6.96. The van der Waals surface area contributed by atoms with Gasteiger partial charge < -0.3 is 4.74 Å². The van der Waals surface area contributed by atoms with E-state index in [-0.39, 0.29) is 5.69 Å². The van der Waals surface area contributed by atoms with E-state index in [4.69, 9.17) is 4.74 Å². The molecule has 0 bridgehead atoms. The van der Waals surface area contributed by atoms with E-state index < -0.39 is 4.92 Å². The Balaban J connectivity index is 2.76. The first-order chi connectivity index (χ1) is 8.06. The lowest BCUT2D eigenvalue weighted by atomic mass is 10.2. The number of nitro groups is 1. The predicted molar refractivity (Wildman–Crippen MR) is 73.5 cm³/mol. The van der Waals surface area contributed by atoms with Crippen molar-refractivity contribution < 1.29 is 9.66 Å². The van der Waals surface area contributed by atoms with Gasteiger partial charge in [-0.05, 0) is 38.3 Å². The summed E-state index contributed by atoms with van der Waals surface area (Å²) in [5, 5.41) is 10.6.